The molecule has 5 rings (SSSR count). The number of likely N-dealkylation sites (N-methyl/N-ethyl adjacent to an activating group) is 1. The molecule has 2 aromatic carbocycles. The number of hydrogen-bond donors (Lipinski definition) is 1. The Morgan fingerprint density at radius 2 is 2.08 bits per heavy atom. The quantitative estimate of drug-likeness (QED) is 0.340. The summed E-state index contributed by atoms with van der Waals surface area (Å²) in [4.78, 5) is 27.3. The van der Waals surface area contributed by atoms with Gasteiger partial charge in [-0.05, 0) is 51.7 Å². The maximum absolute atomic E-state index is 16.5. The van der Waals surface area contributed by atoms with E-state index < -0.39 is 5.82 Å². The summed E-state index contributed by atoms with van der Waals surface area (Å²) >= 11 is 6.82. The second-order valence-corrected chi connectivity index (χ2v) is 10.5. The molecule has 0 aliphatic carbocycles. The zero-order valence-corrected chi connectivity index (χ0v) is 23.2. The largest absolute Gasteiger partial charge is 0.462 e. The number of amides is 1. The lowest BCUT2D eigenvalue weighted by Crippen LogP contribution is -2.54. The Kier molecular flexibility index (Phi) is 7.42. The molecule has 0 spiro atoms. The minimum Gasteiger partial charge on any atom is -0.462 e. The normalized spacial score (nSPS) is 15.9. The van der Waals surface area contributed by atoms with Crippen molar-refractivity contribution in [1.29, 1.82) is 0 Å². The number of anilines is 1. The molecule has 1 fully saturated rings. The third kappa shape index (κ3) is 5.02. The molecular formula is C28H31ClFN7O2. The molecule has 2 aromatic heterocycles. The van der Waals surface area contributed by atoms with Gasteiger partial charge in [-0.15, -0.1) is 0 Å². The van der Waals surface area contributed by atoms with Crippen LogP contribution in [0.4, 0.5) is 10.2 Å². The summed E-state index contributed by atoms with van der Waals surface area (Å²) in [5, 5.41) is 8.57. The summed E-state index contributed by atoms with van der Waals surface area (Å²) < 4.78 is 22.4. The molecule has 1 N–H and O–H groups in total. The molecule has 1 unspecified atom stereocenters. The number of carbonyl (C=O) groups excluding carboxylic acids is 1. The van der Waals surface area contributed by atoms with Crippen molar-refractivity contribution in [2.45, 2.75) is 19.9 Å². The van der Waals surface area contributed by atoms with Crippen molar-refractivity contribution in [1.82, 2.24) is 30.0 Å². The number of benzene rings is 2. The molecule has 39 heavy (non-hydrogen) atoms. The third-order valence-electron chi connectivity index (χ3n) is 7.08. The monoisotopic (exact) mass is 551 g/mol. The highest BCUT2D eigenvalue weighted by Gasteiger charge is 2.30. The second-order valence-electron chi connectivity index (χ2n) is 10.0. The van der Waals surface area contributed by atoms with E-state index in [1.807, 2.05) is 49.9 Å². The fourth-order valence-corrected chi connectivity index (χ4v) is 5.35. The van der Waals surface area contributed by atoms with Crippen LogP contribution in [0.5, 0.6) is 6.01 Å². The van der Waals surface area contributed by atoms with Gasteiger partial charge in [-0.25, -0.2) is 4.39 Å². The predicted octanol–water partition coefficient (Wildman–Crippen LogP) is 4.44. The highest BCUT2D eigenvalue weighted by Crippen LogP contribution is 2.42. The van der Waals surface area contributed by atoms with Crippen LogP contribution in [-0.4, -0.2) is 88.8 Å². The molecule has 0 radical (unpaired) electrons. The summed E-state index contributed by atoms with van der Waals surface area (Å²) in [5.74, 6) is -0.156. The number of ether oxygens (including phenoxy) is 1. The number of aromatic nitrogens is 4. The first kappa shape index (κ1) is 26.8. The minimum atomic E-state index is -0.552. The summed E-state index contributed by atoms with van der Waals surface area (Å²) in [6.45, 7) is 9.94. The van der Waals surface area contributed by atoms with E-state index in [1.54, 1.807) is 17.2 Å². The van der Waals surface area contributed by atoms with Crippen LogP contribution in [0.1, 0.15) is 12.5 Å². The molecule has 4 aromatic rings. The summed E-state index contributed by atoms with van der Waals surface area (Å²) in [6.07, 6.45) is 2.99. The zero-order chi connectivity index (χ0) is 27.8. The molecule has 0 saturated carbocycles. The number of carbonyl (C=O) groups is 1. The van der Waals surface area contributed by atoms with Gasteiger partial charge in [0.2, 0.25) is 5.91 Å². The summed E-state index contributed by atoms with van der Waals surface area (Å²) in [5.41, 5.74) is 2.68. The first-order chi connectivity index (χ1) is 18.7. The van der Waals surface area contributed by atoms with Crippen LogP contribution in [0.3, 0.4) is 0 Å². The standard InChI is InChI=1S/C28H31ClFN7O2/c1-6-22(38)37-10-9-36(15-17(37)3)27-18-13-20(29)24(23-16(2)7-8-21-19(23)14-31-34-21)25(30)26(18)32-28(33-27)39-12-11-35(4)5/h6-8,13-14,17H,1,9-12,15H2,2-5H3,(H,31,34). The average Bonchev–Trinajstić information content (AvgIpc) is 3.38. The third-order valence-corrected chi connectivity index (χ3v) is 7.38. The number of aryl methyl sites for hydroxylation is 1. The van der Waals surface area contributed by atoms with Gasteiger partial charge in [-0.2, -0.15) is 15.1 Å². The van der Waals surface area contributed by atoms with Crippen LogP contribution < -0.4 is 9.64 Å². The van der Waals surface area contributed by atoms with Crippen molar-refractivity contribution >= 4 is 45.1 Å². The highest BCUT2D eigenvalue weighted by molar-refractivity contribution is 6.35. The SMILES string of the molecule is C=CC(=O)N1CCN(c2nc(OCCN(C)C)nc3c(F)c(-c4c(C)ccc5[nH]ncc45)c(Cl)cc23)CC1C. The Morgan fingerprint density at radius 1 is 1.28 bits per heavy atom. The van der Waals surface area contributed by atoms with Crippen LogP contribution in [0, 0.1) is 12.7 Å². The van der Waals surface area contributed by atoms with Gasteiger partial charge < -0.3 is 19.4 Å². The first-order valence-electron chi connectivity index (χ1n) is 12.8. The number of nitrogens with zero attached hydrogens (tertiary/aromatic N) is 6. The maximum Gasteiger partial charge on any atom is 0.319 e. The van der Waals surface area contributed by atoms with Crippen molar-refractivity contribution in [2.24, 2.45) is 0 Å². The Morgan fingerprint density at radius 3 is 2.79 bits per heavy atom. The molecular weight excluding hydrogens is 521 g/mol. The average molecular weight is 552 g/mol. The van der Waals surface area contributed by atoms with Crippen LogP contribution in [0.25, 0.3) is 32.9 Å². The lowest BCUT2D eigenvalue weighted by molar-refractivity contribution is -0.128. The van der Waals surface area contributed by atoms with Crippen molar-refractivity contribution in [3.05, 3.63) is 53.5 Å². The number of fused-ring (bicyclic) bond motifs is 2. The van der Waals surface area contributed by atoms with Crippen molar-refractivity contribution in [3.63, 3.8) is 0 Å². The van der Waals surface area contributed by atoms with E-state index in [0.717, 1.165) is 16.5 Å². The van der Waals surface area contributed by atoms with E-state index in [2.05, 4.69) is 21.8 Å². The molecule has 1 amide bonds. The number of nitrogens with one attached hydrogen (secondary N) is 1. The van der Waals surface area contributed by atoms with Crippen LogP contribution >= 0.6 is 11.6 Å². The van der Waals surface area contributed by atoms with Crippen LogP contribution in [0.15, 0.2) is 37.1 Å². The number of rotatable bonds is 7. The topological polar surface area (TPSA) is 90.5 Å². The lowest BCUT2D eigenvalue weighted by atomic mass is 9.95. The van der Waals surface area contributed by atoms with Crippen molar-refractivity contribution in [3.8, 4) is 17.1 Å². The van der Waals surface area contributed by atoms with E-state index >= 15 is 4.39 Å². The molecule has 11 heteroatoms. The minimum absolute atomic E-state index is 0.0852. The summed E-state index contributed by atoms with van der Waals surface area (Å²) in [6, 6.07) is 5.51. The van der Waals surface area contributed by atoms with Gasteiger partial charge in [0.05, 0.1) is 16.7 Å². The molecule has 1 aliphatic rings. The number of H-pyrrole nitrogens is 1. The van der Waals surface area contributed by atoms with E-state index in [0.29, 0.717) is 49.6 Å². The molecule has 1 saturated heterocycles. The smallest absolute Gasteiger partial charge is 0.319 e. The van der Waals surface area contributed by atoms with Crippen LogP contribution in [-0.2, 0) is 4.79 Å². The molecule has 3 heterocycles. The molecule has 204 valence electrons. The Hall–Kier alpha value is -3.76. The molecule has 1 atom stereocenters. The number of piperazine rings is 1. The fraction of sp³-hybridized carbons (Fsp3) is 0.357. The van der Waals surface area contributed by atoms with Crippen LogP contribution in [0.2, 0.25) is 5.02 Å². The Balaban J connectivity index is 1.66. The summed E-state index contributed by atoms with van der Waals surface area (Å²) in [7, 11) is 3.88. The first-order valence-corrected chi connectivity index (χ1v) is 13.2. The van der Waals surface area contributed by atoms with Gasteiger partial charge in [-0.3, -0.25) is 9.89 Å². The van der Waals surface area contributed by atoms with E-state index in [1.165, 1.54) is 6.08 Å². The van der Waals surface area contributed by atoms with Gasteiger partial charge in [-0.1, -0.05) is 24.2 Å². The van der Waals surface area contributed by atoms with E-state index in [4.69, 9.17) is 21.3 Å². The Bertz CT molecular complexity index is 1570. The molecule has 9 nitrogen and oxygen atoms in total. The second kappa shape index (κ2) is 10.8. The highest BCUT2D eigenvalue weighted by atomic mass is 35.5. The van der Waals surface area contributed by atoms with E-state index in [-0.39, 0.29) is 34.1 Å². The van der Waals surface area contributed by atoms with Gasteiger partial charge in [0, 0.05) is 54.1 Å². The van der Waals surface area contributed by atoms with Gasteiger partial charge >= 0.3 is 6.01 Å². The van der Waals surface area contributed by atoms with Crippen molar-refractivity contribution in [2.75, 3.05) is 51.8 Å². The van der Waals surface area contributed by atoms with Gasteiger partial charge in [0.1, 0.15) is 17.9 Å². The lowest BCUT2D eigenvalue weighted by Gasteiger charge is -2.40. The van der Waals surface area contributed by atoms with Crippen molar-refractivity contribution < 1.29 is 13.9 Å². The van der Waals surface area contributed by atoms with Gasteiger partial charge in [0.15, 0.2) is 5.82 Å². The molecule has 0 bridgehead atoms. The number of aromatic amines is 1. The number of halogens is 2. The fourth-order valence-electron chi connectivity index (χ4n) is 5.07. The Labute approximate surface area is 231 Å². The van der Waals surface area contributed by atoms with Gasteiger partial charge in [0.25, 0.3) is 0 Å². The predicted molar refractivity (Wildman–Crippen MR) is 152 cm³/mol. The molecule has 1 aliphatic heterocycles. The van der Waals surface area contributed by atoms with E-state index in [9.17, 15) is 4.79 Å². The maximum atomic E-state index is 16.5. The zero-order valence-electron chi connectivity index (χ0n) is 22.5. The number of hydrogen-bond acceptors (Lipinski definition) is 7.